The Kier molecular flexibility index (Phi) is 4.58. The molecule has 0 aliphatic heterocycles. The fraction of sp³-hybridized carbons (Fsp3) is 0.714. The van der Waals surface area contributed by atoms with E-state index in [9.17, 15) is 9.59 Å². The van der Waals surface area contributed by atoms with Crippen LogP contribution in [0.1, 0.15) is 27.2 Å². The number of hydrogen-bond donors (Lipinski definition) is 1. The molecule has 1 amide bonds. The van der Waals surface area contributed by atoms with Crippen molar-refractivity contribution in [2.45, 2.75) is 27.2 Å². The van der Waals surface area contributed by atoms with Gasteiger partial charge in [-0.2, -0.15) is 0 Å². The molecule has 62 valence electrons. The van der Waals surface area contributed by atoms with Gasteiger partial charge in [-0.05, 0) is 6.42 Å². The van der Waals surface area contributed by atoms with E-state index in [1.807, 2.05) is 13.8 Å². The predicted molar refractivity (Wildman–Crippen MR) is 45.4 cm³/mol. The zero-order chi connectivity index (χ0) is 8.85. The highest BCUT2D eigenvalue weighted by molar-refractivity contribution is 6.73. The summed E-state index contributed by atoms with van der Waals surface area (Å²) in [6, 6.07) is 0. The lowest BCUT2D eigenvalue weighted by molar-refractivity contribution is -0.119. The number of carbonyl (C=O) groups is 2. The molecular formula is C7H14BNO2. The van der Waals surface area contributed by atoms with Gasteiger partial charge in [-0.1, -0.05) is 13.8 Å². The van der Waals surface area contributed by atoms with Crippen molar-refractivity contribution >= 4 is 19.0 Å². The van der Waals surface area contributed by atoms with E-state index in [-0.39, 0.29) is 24.9 Å². The Balaban J connectivity index is 3.60. The van der Waals surface area contributed by atoms with Gasteiger partial charge >= 0.3 is 7.41 Å². The topological polar surface area (TPSA) is 46.2 Å². The van der Waals surface area contributed by atoms with E-state index in [2.05, 4.69) is 5.23 Å². The molecule has 1 unspecified atom stereocenters. The zero-order valence-electron chi connectivity index (χ0n) is 7.31. The van der Waals surface area contributed by atoms with Crippen molar-refractivity contribution in [1.82, 2.24) is 5.23 Å². The Morgan fingerprint density at radius 3 is 2.45 bits per heavy atom. The lowest BCUT2D eigenvalue weighted by Gasteiger charge is -2.05. The molecule has 0 heterocycles. The maximum absolute atomic E-state index is 11.1. The fourth-order valence-electron chi connectivity index (χ4n) is 0.613. The van der Waals surface area contributed by atoms with Gasteiger partial charge in [0.2, 0.25) is 5.91 Å². The minimum absolute atomic E-state index is 0.0573. The highest BCUT2D eigenvalue weighted by atomic mass is 16.1. The summed E-state index contributed by atoms with van der Waals surface area (Å²) >= 11 is 0. The van der Waals surface area contributed by atoms with Crippen molar-refractivity contribution in [3.05, 3.63) is 0 Å². The van der Waals surface area contributed by atoms with Crippen LogP contribution in [0.2, 0.25) is 0 Å². The highest BCUT2D eigenvalue weighted by Crippen LogP contribution is 1.99. The van der Waals surface area contributed by atoms with E-state index in [0.29, 0.717) is 0 Å². The molecule has 0 rings (SSSR count). The minimum Gasteiger partial charge on any atom is -0.395 e. The molecule has 0 bridgehead atoms. The molecule has 3 nitrogen and oxygen atoms in total. The third kappa shape index (κ3) is 4.59. The van der Waals surface area contributed by atoms with Crippen LogP contribution in [0.15, 0.2) is 0 Å². The molecule has 0 fully saturated rings. The van der Waals surface area contributed by atoms with Gasteiger partial charge < -0.3 is 10.0 Å². The van der Waals surface area contributed by atoms with Gasteiger partial charge in [0.15, 0.2) is 0 Å². The molecule has 0 aromatic rings. The Bertz CT molecular complexity index is 159. The SMILES string of the molecule is CCC(C)C(=O)BNC(C)=O. The van der Waals surface area contributed by atoms with Crippen molar-refractivity contribution in [2.24, 2.45) is 5.92 Å². The molecule has 0 aromatic carbocycles. The van der Waals surface area contributed by atoms with Crippen molar-refractivity contribution in [3.63, 3.8) is 0 Å². The van der Waals surface area contributed by atoms with Crippen molar-refractivity contribution < 1.29 is 9.59 Å². The predicted octanol–water partition coefficient (Wildman–Crippen LogP) is 0.0467. The van der Waals surface area contributed by atoms with E-state index >= 15 is 0 Å². The van der Waals surface area contributed by atoms with Crippen molar-refractivity contribution in [2.75, 3.05) is 0 Å². The molecule has 0 aliphatic rings. The Labute approximate surface area is 67.8 Å². The summed E-state index contributed by atoms with van der Waals surface area (Å²) in [5.74, 6) is -0.0940. The maximum atomic E-state index is 11.1. The normalized spacial score (nSPS) is 11.9. The number of nitrogens with one attached hydrogen (secondary N) is 1. The molecule has 1 N–H and O–H groups in total. The van der Waals surface area contributed by atoms with Crippen LogP contribution in [0.3, 0.4) is 0 Å². The monoisotopic (exact) mass is 155 g/mol. The lowest BCUT2D eigenvalue weighted by Crippen LogP contribution is -2.34. The fourth-order valence-corrected chi connectivity index (χ4v) is 0.613. The molecule has 0 aliphatic carbocycles. The Morgan fingerprint density at radius 2 is 2.09 bits per heavy atom. The number of rotatable bonds is 4. The molecule has 1 atom stereocenters. The van der Waals surface area contributed by atoms with Gasteiger partial charge in [-0.15, -0.1) is 0 Å². The van der Waals surface area contributed by atoms with Crippen LogP contribution in [-0.2, 0) is 9.59 Å². The minimum atomic E-state index is -0.151. The molecular weight excluding hydrogens is 141 g/mol. The third-order valence-corrected chi connectivity index (χ3v) is 1.67. The summed E-state index contributed by atoms with van der Waals surface area (Å²) < 4.78 is 0. The zero-order valence-corrected chi connectivity index (χ0v) is 7.31. The second-order valence-corrected chi connectivity index (χ2v) is 2.69. The second-order valence-electron chi connectivity index (χ2n) is 2.69. The van der Waals surface area contributed by atoms with Gasteiger partial charge in [0, 0.05) is 12.8 Å². The quantitative estimate of drug-likeness (QED) is 0.583. The first-order valence-electron chi connectivity index (χ1n) is 3.85. The lowest BCUT2D eigenvalue weighted by atomic mass is 9.78. The maximum Gasteiger partial charge on any atom is 0.315 e. The molecule has 11 heavy (non-hydrogen) atoms. The first-order valence-corrected chi connectivity index (χ1v) is 3.85. The molecule has 0 saturated carbocycles. The van der Waals surface area contributed by atoms with Crippen LogP contribution in [0.25, 0.3) is 0 Å². The van der Waals surface area contributed by atoms with Crippen LogP contribution < -0.4 is 5.23 Å². The van der Waals surface area contributed by atoms with Gasteiger partial charge in [0.1, 0.15) is 5.68 Å². The molecule has 0 spiro atoms. The number of amides is 1. The van der Waals surface area contributed by atoms with E-state index < -0.39 is 0 Å². The summed E-state index contributed by atoms with van der Waals surface area (Å²) in [6.07, 6.45) is 0.832. The third-order valence-electron chi connectivity index (χ3n) is 1.67. The Hall–Kier alpha value is -0.795. The number of hydrogen-bond acceptors (Lipinski definition) is 2. The van der Waals surface area contributed by atoms with E-state index in [1.54, 1.807) is 0 Å². The van der Waals surface area contributed by atoms with Crippen LogP contribution in [0.5, 0.6) is 0 Å². The van der Waals surface area contributed by atoms with E-state index in [0.717, 1.165) is 6.42 Å². The summed E-state index contributed by atoms with van der Waals surface area (Å²) in [5.41, 5.74) is 0.0997. The average molecular weight is 155 g/mol. The average Bonchev–Trinajstić information content (AvgIpc) is 1.98. The highest BCUT2D eigenvalue weighted by Gasteiger charge is 2.11. The smallest absolute Gasteiger partial charge is 0.315 e. The first-order chi connectivity index (χ1) is 5.07. The number of carbonyl (C=O) groups excluding carboxylic acids is 2. The van der Waals surface area contributed by atoms with Crippen molar-refractivity contribution in [1.29, 1.82) is 0 Å². The van der Waals surface area contributed by atoms with Gasteiger partial charge in [0.05, 0.1) is 0 Å². The van der Waals surface area contributed by atoms with E-state index in [1.165, 1.54) is 6.92 Å². The van der Waals surface area contributed by atoms with Crippen LogP contribution in [0, 0.1) is 5.92 Å². The molecule has 0 radical (unpaired) electrons. The summed E-state index contributed by atoms with van der Waals surface area (Å²) in [6.45, 7) is 5.23. The van der Waals surface area contributed by atoms with Crippen LogP contribution >= 0.6 is 0 Å². The van der Waals surface area contributed by atoms with Crippen molar-refractivity contribution in [3.8, 4) is 0 Å². The molecule has 0 aromatic heterocycles. The van der Waals surface area contributed by atoms with Gasteiger partial charge in [-0.25, -0.2) is 0 Å². The standard InChI is InChI=1S/C7H14BNO2/c1-4-5(2)7(11)8-9-6(3)10/h5,8H,4H2,1-3H3,(H,9,10). The summed E-state index contributed by atoms with van der Waals surface area (Å²) in [7, 11) is 0.171. The summed E-state index contributed by atoms with van der Waals surface area (Å²) in [5, 5.41) is 2.47. The first kappa shape index (κ1) is 10.2. The van der Waals surface area contributed by atoms with E-state index in [4.69, 9.17) is 0 Å². The van der Waals surface area contributed by atoms with Crippen LogP contribution in [-0.4, -0.2) is 19.0 Å². The Morgan fingerprint density at radius 1 is 1.55 bits per heavy atom. The molecule has 4 heteroatoms. The van der Waals surface area contributed by atoms with Crippen LogP contribution in [0.4, 0.5) is 0 Å². The summed E-state index contributed by atoms with van der Waals surface area (Å²) in [4.78, 5) is 21.5. The van der Waals surface area contributed by atoms with Gasteiger partial charge in [-0.3, -0.25) is 4.79 Å². The largest absolute Gasteiger partial charge is 0.395 e. The second kappa shape index (κ2) is 4.94. The van der Waals surface area contributed by atoms with Gasteiger partial charge in [0.25, 0.3) is 0 Å². The molecule has 0 saturated heterocycles.